The van der Waals surface area contributed by atoms with Crippen LogP contribution in [0.2, 0.25) is 0 Å². The van der Waals surface area contributed by atoms with Crippen LogP contribution in [-0.4, -0.2) is 11.4 Å². The fraction of sp³-hybridized carbons (Fsp3) is 0.174. The molecule has 0 fully saturated rings. The van der Waals surface area contributed by atoms with E-state index in [1.807, 2.05) is 24.3 Å². The second-order valence-electron chi connectivity index (χ2n) is 14.4. The summed E-state index contributed by atoms with van der Waals surface area (Å²) in [5, 5.41) is 14.3. The van der Waals surface area contributed by atoms with Gasteiger partial charge in [0.15, 0.2) is 0 Å². The molecule has 1 aliphatic rings. The molecular weight excluding hydrogens is 641 g/mol. The number of fused-ring (bicyclic) bond motifs is 2. The lowest BCUT2D eigenvalue weighted by atomic mass is 9.82. The minimum Gasteiger partial charge on any atom is -0.396 e. The molecule has 0 unspecified atom stereocenters. The summed E-state index contributed by atoms with van der Waals surface area (Å²) < 4.78 is 4.29. The summed E-state index contributed by atoms with van der Waals surface area (Å²) in [7, 11) is 0. The molecule has 5 N–H and O–H groups in total. The van der Waals surface area contributed by atoms with Crippen molar-refractivity contribution in [1.82, 2.24) is 0 Å². The van der Waals surface area contributed by atoms with Gasteiger partial charge in [0.05, 0.1) is 17.1 Å². The molecule has 0 amide bonds. The topological polar surface area (TPSA) is 88.2 Å². The van der Waals surface area contributed by atoms with Crippen LogP contribution in [0.5, 0.6) is 0 Å². The highest BCUT2D eigenvalue weighted by Gasteiger charge is 2.30. The summed E-state index contributed by atoms with van der Waals surface area (Å²) in [4.78, 5) is 0. The summed E-state index contributed by atoms with van der Waals surface area (Å²) >= 11 is 4.33. The average molecular weight is 685 g/mol. The number of nitrogens with one attached hydrogen (secondary N) is 1. The van der Waals surface area contributed by atoms with Crippen molar-refractivity contribution >= 4 is 56.9 Å². The Morgan fingerprint density at radius 3 is 1.29 bits per heavy atom. The Hall–Kier alpha value is -5.39. The van der Waals surface area contributed by atoms with Crippen molar-refractivity contribution in [2.45, 2.75) is 40.5 Å². The molecule has 0 aliphatic heterocycles. The van der Waals surface area contributed by atoms with E-state index in [2.05, 4.69) is 142 Å². The molecule has 254 valence electrons. The zero-order valence-electron chi connectivity index (χ0n) is 29.7. The molecule has 5 heteroatoms. The number of rotatable bonds is 8. The van der Waals surface area contributed by atoms with Crippen LogP contribution in [0.4, 0.5) is 0 Å². The van der Waals surface area contributed by atoms with Gasteiger partial charge in [-0.15, -0.1) is 0 Å². The highest BCUT2D eigenvalue weighted by molar-refractivity contribution is 7.79. The molecule has 6 aromatic carbocycles. The van der Waals surface area contributed by atoms with Crippen LogP contribution in [-0.2, 0) is 12.8 Å². The lowest BCUT2D eigenvalue weighted by Gasteiger charge is -2.25. The van der Waals surface area contributed by atoms with Gasteiger partial charge in [0.25, 0.3) is 0 Å². The molecule has 0 radical (unpaired) electrons. The van der Waals surface area contributed by atoms with Gasteiger partial charge in [-0.05, 0) is 104 Å². The van der Waals surface area contributed by atoms with Crippen molar-refractivity contribution < 1.29 is 0 Å². The second-order valence-corrected chi connectivity index (χ2v) is 14.6. The van der Waals surface area contributed by atoms with E-state index in [0.717, 1.165) is 35.1 Å². The van der Waals surface area contributed by atoms with Crippen molar-refractivity contribution in [2.24, 2.45) is 27.7 Å². The number of hydrogen-bond donors (Lipinski definition) is 4. The van der Waals surface area contributed by atoms with Crippen LogP contribution in [0.15, 0.2) is 137 Å². The number of nitrogens with zero attached hydrogens (tertiary/aromatic N) is 1. The minimum absolute atomic E-state index is 0.193. The molecule has 4 nitrogen and oxygen atoms in total. The maximum absolute atomic E-state index is 9.27. The predicted molar refractivity (Wildman–Crippen MR) is 222 cm³/mol. The van der Waals surface area contributed by atoms with Gasteiger partial charge < -0.3 is 11.5 Å². The van der Waals surface area contributed by atoms with Gasteiger partial charge in [0, 0.05) is 11.1 Å². The first kappa shape index (κ1) is 34.1. The largest absolute Gasteiger partial charge is 0.396 e. The molecule has 6 aromatic rings. The number of hydrogen-bond acceptors (Lipinski definition) is 5. The van der Waals surface area contributed by atoms with E-state index >= 15 is 0 Å². The van der Waals surface area contributed by atoms with Crippen molar-refractivity contribution in [3.05, 3.63) is 155 Å². The van der Waals surface area contributed by atoms with Crippen molar-refractivity contribution in [1.29, 1.82) is 5.41 Å². The first-order chi connectivity index (χ1) is 24.7. The van der Waals surface area contributed by atoms with Crippen LogP contribution in [0, 0.1) is 17.2 Å². The lowest BCUT2D eigenvalue weighted by molar-refractivity contribution is 0.650. The third kappa shape index (κ3) is 6.39. The highest BCUT2D eigenvalue weighted by atomic mass is 32.1. The van der Waals surface area contributed by atoms with E-state index in [-0.39, 0.29) is 5.71 Å². The second kappa shape index (κ2) is 14.1. The van der Waals surface area contributed by atoms with Gasteiger partial charge >= 0.3 is 0 Å². The van der Waals surface area contributed by atoms with Gasteiger partial charge in [-0.3, -0.25) is 5.41 Å². The number of allylic oxidation sites excluding steroid dienone is 2. The summed E-state index contributed by atoms with van der Waals surface area (Å²) in [5.74, 6) is 1.15. The molecule has 0 saturated heterocycles. The predicted octanol–water partition coefficient (Wildman–Crippen LogP) is 11.1. The van der Waals surface area contributed by atoms with Gasteiger partial charge in [0.2, 0.25) is 0 Å². The number of nitrogens with two attached hydrogens (primary N) is 2. The van der Waals surface area contributed by atoms with Gasteiger partial charge in [-0.25, -0.2) is 4.40 Å². The molecular formula is C46H44N4S. The van der Waals surface area contributed by atoms with Crippen LogP contribution >= 0.6 is 12.8 Å². The molecule has 0 spiro atoms. The van der Waals surface area contributed by atoms with E-state index in [1.165, 1.54) is 43.8 Å². The Bertz CT molecular complexity index is 2390. The van der Waals surface area contributed by atoms with Crippen LogP contribution in [0.3, 0.4) is 0 Å². The van der Waals surface area contributed by atoms with Gasteiger partial charge in [-0.1, -0.05) is 149 Å². The average Bonchev–Trinajstić information content (AvgIpc) is 3.13. The van der Waals surface area contributed by atoms with Gasteiger partial charge in [-0.2, -0.15) is 0 Å². The molecule has 1 aliphatic carbocycles. The zero-order valence-corrected chi connectivity index (χ0v) is 30.6. The van der Waals surface area contributed by atoms with Crippen LogP contribution < -0.4 is 11.5 Å². The van der Waals surface area contributed by atoms with Crippen LogP contribution in [0.25, 0.3) is 54.9 Å². The van der Waals surface area contributed by atoms with Crippen molar-refractivity contribution in [3.63, 3.8) is 0 Å². The van der Waals surface area contributed by atoms with Gasteiger partial charge in [0.1, 0.15) is 5.71 Å². The highest BCUT2D eigenvalue weighted by Crippen LogP contribution is 2.38. The Balaban J connectivity index is 1.23. The molecule has 0 aromatic heterocycles. The molecule has 0 saturated carbocycles. The first-order valence-electron chi connectivity index (χ1n) is 17.7. The van der Waals surface area contributed by atoms with E-state index in [1.54, 1.807) is 0 Å². The molecule has 0 bridgehead atoms. The Labute approximate surface area is 306 Å². The Kier molecular flexibility index (Phi) is 9.41. The molecule has 0 atom stereocenters. The third-order valence-corrected chi connectivity index (χ3v) is 10.1. The van der Waals surface area contributed by atoms with E-state index in [0.29, 0.717) is 40.1 Å². The minimum atomic E-state index is 0.193. The Morgan fingerprint density at radius 1 is 0.510 bits per heavy atom. The maximum atomic E-state index is 9.27. The maximum Gasteiger partial charge on any atom is 0.107 e. The molecule has 51 heavy (non-hydrogen) atoms. The quantitative estimate of drug-likeness (QED) is 0.0950. The number of benzene rings is 6. The van der Waals surface area contributed by atoms with E-state index < -0.39 is 0 Å². The zero-order chi connectivity index (χ0) is 35.8. The molecule has 7 rings (SSSR count). The van der Waals surface area contributed by atoms with E-state index in [4.69, 9.17) is 11.5 Å². The molecule has 0 heterocycles. The summed E-state index contributed by atoms with van der Waals surface area (Å²) in [6.07, 6.45) is 2.07. The smallest absolute Gasteiger partial charge is 0.107 e. The lowest BCUT2D eigenvalue weighted by Crippen LogP contribution is -2.30. The third-order valence-electron chi connectivity index (χ3n) is 9.91. The van der Waals surface area contributed by atoms with Crippen molar-refractivity contribution in [3.8, 4) is 22.3 Å². The van der Waals surface area contributed by atoms with Crippen LogP contribution in [0.1, 0.15) is 49.9 Å². The van der Waals surface area contributed by atoms with Crippen molar-refractivity contribution in [2.75, 3.05) is 0 Å². The SMILES string of the molecule is CC(C)Cc1ccc(-c2ccc(C3=C(N)C(N)=C(c4ccc(-c5ccc(CC(C)C)c6ccccc56)cc4)/C(=N/S)C3=N)cc2)c2ccccc12. The summed E-state index contributed by atoms with van der Waals surface area (Å²) in [5.41, 5.74) is 25.0. The van der Waals surface area contributed by atoms with E-state index in [9.17, 15) is 5.41 Å². The number of thiol groups is 1. The first-order valence-corrected chi connectivity index (χ1v) is 18.1. The normalized spacial score (nSPS) is 14.6. The summed E-state index contributed by atoms with van der Waals surface area (Å²) in [6, 6.07) is 42.7. The summed E-state index contributed by atoms with van der Waals surface area (Å²) in [6.45, 7) is 9.02. The fourth-order valence-corrected chi connectivity index (χ4v) is 7.76. The standard InChI is InChI=1S/C46H44N4S/c1-27(2)25-33-21-23-37(39-11-7-5-9-35(33)39)29-13-17-31(18-14-29)41-43(47)44(48)42(46(50-51)45(41)49)32-19-15-30(16-20-32)38-24-22-34(26-28(3)4)36-10-6-8-12-40(36)38/h5-24,27-28,49,51H,25-26,47-48H2,1-4H3/b49-45?,50-46-. The fourth-order valence-electron chi connectivity index (χ4n) is 7.56. The Morgan fingerprint density at radius 2 is 0.882 bits per heavy atom. The monoisotopic (exact) mass is 684 g/mol.